The number of amides is 1. The van der Waals surface area contributed by atoms with Crippen molar-refractivity contribution in [1.29, 1.82) is 0 Å². The molecule has 3 atom stereocenters. The Morgan fingerprint density at radius 2 is 1.90 bits per heavy atom. The van der Waals surface area contributed by atoms with Crippen LogP contribution < -0.4 is 25.0 Å². The van der Waals surface area contributed by atoms with E-state index in [-0.39, 0.29) is 24.5 Å². The molecule has 0 radical (unpaired) electrons. The number of likely N-dealkylation sites (N-methyl/N-ethyl adjacent to an activating group) is 1. The molecule has 0 saturated carbocycles. The zero-order chi connectivity index (χ0) is 28.5. The smallest absolute Gasteiger partial charge is 0.416 e. The van der Waals surface area contributed by atoms with Crippen molar-refractivity contribution in [3.63, 3.8) is 0 Å². The van der Waals surface area contributed by atoms with Gasteiger partial charge in [-0.15, -0.1) is 0 Å². The molecule has 0 fully saturated rings. The minimum Gasteiger partial charge on any atom is -0.496 e. The third-order valence-electron chi connectivity index (χ3n) is 7.00. The number of hydrogen-bond donors (Lipinski definition) is 2. The second-order valence-corrected chi connectivity index (χ2v) is 10.6. The molecule has 0 bridgehead atoms. The maximum atomic E-state index is 14.1. The van der Waals surface area contributed by atoms with Crippen LogP contribution in [0.25, 0.3) is 10.8 Å². The van der Waals surface area contributed by atoms with Crippen LogP contribution in [-0.2, 0) is 22.3 Å². The van der Waals surface area contributed by atoms with Gasteiger partial charge in [-0.25, -0.2) is 0 Å². The van der Waals surface area contributed by atoms with Crippen LogP contribution in [0.4, 0.5) is 18.9 Å². The normalized spacial score (nSPS) is 19.2. The molecule has 0 saturated heterocycles. The molecule has 3 unspecified atom stereocenters. The van der Waals surface area contributed by atoms with E-state index in [1.807, 2.05) is 24.3 Å². The summed E-state index contributed by atoms with van der Waals surface area (Å²) in [6.07, 6.45) is -4.65. The van der Waals surface area contributed by atoms with E-state index < -0.39 is 35.3 Å². The van der Waals surface area contributed by atoms with E-state index in [1.54, 1.807) is 27.0 Å². The first-order valence-corrected chi connectivity index (χ1v) is 13.0. The Kier molecular flexibility index (Phi) is 8.25. The van der Waals surface area contributed by atoms with Gasteiger partial charge in [-0.2, -0.15) is 13.2 Å². The highest BCUT2D eigenvalue weighted by atomic mass is 79.9. The summed E-state index contributed by atoms with van der Waals surface area (Å²) >= 11 is 3.46. The summed E-state index contributed by atoms with van der Waals surface area (Å²) in [5.74, 6) is 0.126. The van der Waals surface area contributed by atoms with Gasteiger partial charge in [0, 0.05) is 16.6 Å². The highest BCUT2D eigenvalue weighted by Gasteiger charge is 2.40. The summed E-state index contributed by atoms with van der Waals surface area (Å²) in [6.45, 7) is 3.33. The van der Waals surface area contributed by atoms with E-state index in [1.165, 1.54) is 18.1 Å². The minimum atomic E-state index is -4.62. The fraction of sp³-hybridized carbons (Fsp3) is 0.357. The maximum Gasteiger partial charge on any atom is 0.416 e. The monoisotopic (exact) mass is 607 g/mol. The van der Waals surface area contributed by atoms with Crippen molar-refractivity contribution in [2.75, 3.05) is 25.6 Å². The third kappa shape index (κ3) is 5.90. The Hall–Kier alpha value is -3.15. The molecule has 1 amide bonds. The second-order valence-electron chi connectivity index (χ2n) is 9.68. The van der Waals surface area contributed by atoms with Crippen molar-refractivity contribution < 1.29 is 32.2 Å². The number of hydrogen-bond acceptors (Lipinski definition) is 6. The van der Waals surface area contributed by atoms with Crippen LogP contribution in [0, 0.1) is 0 Å². The first kappa shape index (κ1) is 28.8. The fourth-order valence-electron chi connectivity index (χ4n) is 4.54. The van der Waals surface area contributed by atoms with E-state index in [0.717, 1.165) is 33.7 Å². The number of methoxy groups -OCH3 is 1. The number of benzene rings is 3. The van der Waals surface area contributed by atoms with Gasteiger partial charge in [-0.3, -0.25) is 4.79 Å². The number of nitrogens with zero attached hydrogens (tertiary/aromatic N) is 1. The fourth-order valence-corrected chi connectivity index (χ4v) is 4.92. The number of ether oxygens (including phenoxy) is 2. The predicted octanol–water partition coefficient (Wildman–Crippen LogP) is 5.08. The van der Waals surface area contributed by atoms with E-state index in [2.05, 4.69) is 26.6 Å². The number of aldehydes is 1. The quantitative estimate of drug-likeness (QED) is 0.348. The predicted molar refractivity (Wildman–Crippen MR) is 146 cm³/mol. The van der Waals surface area contributed by atoms with Crippen molar-refractivity contribution in [1.82, 2.24) is 10.6 Å². The van der Waals surface area contributed by atoms with Gasteiger partial charge in [0.1, 0.15) is 29.9 Å². The van der Waals surface area contributed by atoms with Crippen molar-refractivity contribution in [3.8, 4) is 11.5 Å². The summed E-state index contributed by atoms with van der Waals surface area (Å²) in [5.41, 5.74) is -1.26. The molecule has 0 aliphatic carbocycles. The van der Waals surface area contributed by atoms with Crippen LogP contribution in [-0.4, -0.2) is 50.6 Å². The number of rotatable bonds is 8. The average molecular weight is 608 g/mol. The van der Waals surface area contributed by atoms with Gasteiger partial charge in [0.25, 0.3) is 0 Å². The molecule has 3 aromatic rings. The van der Waals surface area contributed by atoms with Gasteiger partial charge in [0.2, 0.25) is 5.91 Å². The number of halogens is 4. The first-order valence-electron chi connectivity index (χ1n) is 12.2. The van der Waals surface area contributed by atoms with Crippen LogP contribution >= 0.6 is 15.9 Å². The lowest BCUT2D eigenvalue weighted by Gasteiger charge is -2.30. The number of carbonyl (C=O) groups is 2. The van der Waals surface area contributed by atoms with E-state index in [4.69, 9.17) is 9.47 Å². The molecule has 39 heavy (non-hydrogen) atoms. The second kappa shape index (κ2) is 11.1. The van der Waals surface area contributed by atoms with Crippen LogP contribution in [0.5, 0.6) is 11.5 Å². The van der Waals surface area contributed by atoms with E-state index >= 15 is 0 Å². The highest BCUT2D eigenvalue weighted by Crippen LogP contribution is 2.41. The molecular weight excluding hydrogens is 579 g/mol. The van der Waals surface area contributed by atoms with Crippen molar-refractivity contribution in [3.05, 3.63) is 64.1 Å². The molecular formula is C28H29BrF3N3O4. The Balaban J connectivity index is 1.86. The van der Waals surface area contributed by atoms with E-state index in [9.17, 15) is 22.8 Å². The summed E-state index contributed by atoms with van der Waals surface area (Å²) in [6, 6.07) is 11.4. The topological polar surface area (TPSA) is 79.9 Å². The highest BCUT2D eigenvalue weighted by molar-refractivity contribution is 9.10. The standard InChI is InChI=1S/C28H29BrF3N3O4/c1-16-25(34-14-27(2,15-36)33-3)26(37)35(22-12-18(28(30,31)32)6-10-24(22)39-16)13-21-20-8-7-19(29)11-17(20)5-9-23(21)38-4/h5-12,15-16,25,33-34H,13-14H2,1-4H3. The third-order valence-corrected chi connectivity index (χ3v) is 7.49. The number of anilines is 1. The summed E-state index contributed by atoms with van der Waals surface area (Å²) in [4.78, 5) is 27.0. The largest absolute Gasteiger partial charge is 0.496 e. The van der Waals surface area contributed by atoms with Gasteiger partial charge in [0.05, 0.1) is 30.4 Å². The molecule has 7 nitrogen and oxygen atoms in total. The van der Waals surface area contributed by atoms with Crippen molar-refractivity contribution >= 4 is 44.6 Å². The van der Waals surface area contributed by atoms with Crippen molar-refractivity contribution in [2.45, 2.75) is 44.3 Å². The molecule has 208 valence electrons. The molecule has 0 aromatic heterocycles. The van der Waals surface area contributed by atoms with Crippen LogP contribution in [0.1, 0.15) is 25.0 Å². The Morgan fingerprint density at radius 3 is 2.54 bits per heavy atom. The molecule has 1 aliphatic heterocycles. The van der Waals surface area contributed by atoms with Crippen LogP contribution in [0.3, 0.4) is 0 Å². The van der Waals surface area contributed by atoms with Gasteiger partial charge >= 0.3 is 6.18 Å². The van der Waals surface area contributed by atoms with Crippen molar-refractivity contribution in [2.24, 2.45) is 0 Å². The lowest BCUT2D eigenvalue weighted by molar-refractivity contribution is -0.137. The molecule has 3 aromatic carbocycles. The average Bonchev–Trinajstić information content (AvgIpc) is 3.00. The Labute approximate surface area is 232 Å². The lowest BCUT2D eigenvalue weighted by Crippen LogP contribution is -2.58. The summed E-state index contributed by atoms with van der Waals surface area (Å²) < 4.78 is 53.7. The molecule has 1 heterocycles. The van der Waals surface area contributed by atoms with Crippen LogP contribution in [0.15, 0.2) is 53.0 Å². The molecule has 2 N–H and O–H groups in total. The summed E-state index contributed by atoms with van der Waals surface area (Å²) in [5, 5.41) is 7.65. The number of nitrogens with one attached hydrogen (secondary N) is 2. The van der Waals surface area contributed by atoms with Crippen LogP contribution in [0.2, 0.25) is 0 Å². The SMILES string of the molecule is CNC(C)(C=O)CNC1C(=O)N(Cc2c(OC)ccc3cc(Br)ccc23)c2cc(C(F)(F)F)ccc2OC1C. The van der Waals surface area contributed by atoms with Gasteiger partial charge in [-0.05, 0) is 68.1 Å². The number of carbonyl (C=O) groups excluding carboxylic acids is 2. The maximum absolute atomic E-state index is 14.1. The lowest BCUT2D eigenvalue weighted by atomic mass is 10.0. The van der Waals surface area contributed by atoms with Gasteiger partial charge in [0.15, 0.2) is 0 Å². The Morgan fingerprint density at radius 1 is 1.15 bits per heavy atom. The molecule has 1 aliphatic rings. The zero-order valence-electron chi connectivity index (χ0n) is 21.9. The summed E-state index contributed by atoms with van der Waals surface area (Å²) in [7, 11) is 3.12. The van der Waals surface area contributed by atoms with Gasteiger partial charge in [-0.1, -0.05) is 28.1 Å². The number of fused-ring (bicyclic) bond motifs is 2. The van der Waals surface area contributed by atoms with E-state index in [0.29, 0.717) is 11.3 Å². The Bertz CT molecular complexity index is 1400. The molecule has 0 spiro atoms. The first-order chi connectivity index (χ1) is 18.4. The molecule has 11 heteroatoms. The number of alkyl halides is 3. The zero-order valence-corrected chi connectivity index (χ0v) is 23.4. The minimum absolute atomic E-state index is 0.00564. The molecule has 4 rings (SSSR count). The van der Waals surface area contributed by atoms with Gasteiger partial charge < -0.3 is 29.8 Å².